The normalized spacial score (nSPS) is 32.6. The Kier molecular flexibility index (Phi) is 3.36. The summed E-state index contributed by atoms with van der Waals surface area (Å²) < 4.78 is 0. The fourth-order valence-corrected chi connectivity index (χ4v) is 2.97. The van der Waals surface area contributed by atoms with E-state index in [0.717, 1.165) is 18.4 Å². The zero-order valence-corrected chi connectivity index (χ0v) is 10.3. The van der Waals surface area contributed by atoms with Gasteiger partial charge in [-0.1, -0.05) is 19.8 Å². The third-order valence-corrected chi connectivity index (χ3v) is 4.29. The molecule has 1 aliphatic heterocycles. The molecule has 2 N–H and O–H groups in total. The molecule has 0 bridgehead atoms. The first-order chi connectivity index (χ1) is 7.14. The van der Waals surface area contributed by atoms with Crippen molar-refractivity contribution in [2.75, 3.05) is 19.6 Å². The van der Waals surface area contributed by atoms with Gasteiger partial charge in [0.25, 0.3) is 0 Å². The van der Waals surface area contributed by atoms with Crippen molar-refractivity contribution in [1.82, 2.24) is 4.90 Å². The second-order valence-electron chi connectivity index (χ2n) is 6.04. The lowest BCUT2D eigenvalue weighted by Gasteiger charge is -2.45. The van der Waals surface area contributed by atoms with E-state index in [0.29, 0.717) is 0 Å². The van der Waals surface area contributed by atoms with Crippen molar-refractivity contribution < 1.29 is 0 Å². The van der Waals surface area contributed by atoms with E-state index in [2.05, 4.69) is 18.7 Å². The molecule has 0 spiro atoms. The van der Waals surface area contributed by atoms with Crippen molar-refractivity contribution in [1.29, 1.82) is 0 Å². The fourth-order valence-electron chi connectivity index (χ4n) is 2.97. The van der Waals surface area contributed by atoms with Crippen LogP contribution in [-0.4, -0.2) is 30.1 Å². The Morgan fingerprint density at radius 2 is 2.07 bits per heavy atom. The molecule has 2 atom stereocenters. The average molecular weight is 210 g/mol. The van der Waals surface area contributed by atoms with E-state index in [-0.39, 0.29) is 5.54 Å². The lowest BCUT2D eigenvalue weighted by atomic mass is 9.88. The summed E-state index contributed by atoms with van der Waals surface area (Å²) in [5.74, 6) is 1.85. The average Bonchev–Trinajstić information content (AvgIpc) is 3.01. The molecular formula is C13H26N2. The second-order valence-corrected chi connectivity index (χ2v) is 6.04. The van der Waals surface area contributed by atoms with Crippen LogP contribution in [0.5, 0.6) is 0 Å². The summed E-state index contributed by atoms with van der Waals surface area (Å²) in [6.07, 6.45) is 6.98. The molecule has 88 valence electrons. The second kappa shape index (κ2) is 4.42. The lowest BCUT2D eigenvalue weighted by molar-refractivity contribution is 0.0537. The molecule has 2 aliphatic rings. The molecule has 1 saturated carbocycles. The Balaban J connectivity index is 1.96. The standard InChI is InChI=1S/C13H26N2/c1-11-4-3-7-15(9-11)13(2,10-14)8-12-5-6-12/h11-12H,3-10,14H2,1-2H3. The number of hydrogen-bond donors (Lipinski definition) is 1. The van der Waals surface area contributed by atoms with E-state index in [4.69, 9.17) is 5.73 Å². The van der Waals surface area contributed by atoms with E-state index >= 15 is 0 Å². The molecule has 2 heteroatoms. The van der Waals surface area contributed by atoms with Gasteiger partial charge in [0.15, 0.2) is 0 Å². The molecule has 2 fully saturated rings. The van der Waals surface area contributed by atoms with Gasteiger partial charge in [-0.15, -0.1) is 0 Å². The molecule has 0 radical (unpaired) electrons. The Labute approximate surface area is 94.2 Å². The SMILES string of the molecule is CC1CCCN(C(C)(CN)CC2CC2)C1. The van der Waals surface area contributed by atoms with Crippen LogP contribution in [0.1, 0.15) is 46.0 Å². The topological polar surface area (TPSA) is 29.3 Å². The highest BCUT2D eigenvalue weighted by molar-refractivity contribution is 4.94. The summed E-state index contributed by atoms with van der Waals surface area (Å²) >= 11 is 0. The van der Waals surface area contributed by atoms with Gasteiger partial charge in [-0.05, 0) is 44.6 Å². The smallest absolute Gasteiger partial charge is 0.0306 e. The van der Waals surface area contributed by atoms with Gasteiger partial charge in [0.2, 0.25) is 0 Å². The minimum absolute atomic E-state index is 0.288. The van der Waals surface area contributed by atoms with Gasteiger partial charge in [0.1, 0.15) is 0 Å². The molecule has 2 nitrogen and oxygen atoms in total. The summed E-state index contributed by atoms with van der Waals surface area (Å²) in [6, 6.07) is 0. The quantitative estimate of drug-likeness (QED) is 0.771. The summed E-state index contributed by atoms with van der Waals surface area (Å²) in [5, 5.41) is 0. The lowest BCUT2D eigenvalue weighted by Crippen LogP contribution is -2.55. The van der Waals surface area contributed by atoms with Crippen LogP contribution in [0.2, 0.25) is 0 Å². The first-order valence-electron chi connectivity index (χ1n) is 6.59. The van der Waals surface area contributed by atoms with Crippen LogP contribution in [0.25, 0.3) is 0 Å². The van der Waals surface area contributed by atoms with Crippen molar-refractivity contribution in [2.24, 2.45) is 17.6 Å². The zero-order valence-electron chi connectivity index (χ0n) is 10.3. The molecule has 0 aromatic rings. The molecule has 1 heterocycles. The predicted molar refractivity (Wildman–Crippen MR) is 64.8 cm³/mol. The van der Waals surface area contributed by atoms with Crippen molar-refractivity contribution in [3.8, 4) is 0 Å². The highest BCUT2D eigenvalue weighted by Gasteiger charge is 2.38. The first kappa shape index (κ1) is 11.4. The van der Waals surface area contributed by atoms with E-state index in [1.165, 1.54) is 45.2 Å². The summed E-state index contributed by atoms with van der Waals surface area (Å²) in [5.41, 5.74) is 6.31. The summed E-state index contributed by atoms with van der Waals surface area (Å²) in [4.78, 5) is 2.67. The van der Waals surface area contributed by atoms with Crippen LogP contribution < -0.4 is 5.73 Å². The van der Waals surface area contributed by atoms with Crippen LogP contribution in [0.3, 0.4) is 0 Å². The molecule has 1 saturated heterocycles. The monoisotopic (exact) mass is 210 g/mol. The molecule has 2 unspecified atom stereocenters. The van der Waals surface area contributed by atoms with E-state index in [1.807, 2.05) is 0 Å². The van der Waals surface area contributed by atoms with Crippen LogP contribution in [0.4, 0.5) is 0 Å². The first-order valence-corrected chi connectivity index (χ1v) is 6.59. The van der Waals surface area contributed by atoms with Crippen LogP contribution >= 0.6 is 0 Å². The van der Waals surface area contributed by atoms with Gasteiger partial charge in [0, 0.05) is 18.6 Å². The van der Waals surface area contributed by atoms with E-state index < -0.39 is 0 Å². The molecule has 0 aromatic heterocycles. The van der Waals surface area contributed by atoms with Crippen molar-refractivity contribution in [2.45, 2.75) is 51.5 Å². The highest BCUT2D eigenvalue weighted by atomic mass is 15.2. The third kappa shape index (κ3) is 2.73. The van der Waals surface area contributed by atoms with E-state index in [1.54, 1.807) is 0 Å². The van der Waals surface area contributed by atoms with Gasteiger partial charge in [-0.2, -0.15) is 0 Å². The fraction of sp³-hybridized carbons (Fsp3) is 1.00. The van der Waals surface area contributed by atoms with Gasteiger partial charge in [-0.25, -0.2) is 0 Å². The molecular weight excluding hydrogens is 184 g/mol. The minimum atomic E-state index is 0.288. The highest BCUT2D eigenvalue weighted by Crippen LogP contribution is 2.39. The number of piperidine rings is 1. The summed E-state index contributed by atoms with van der Waals surface area (Å²) in [7, 11) is 0. The molecule has 15 heavy (non-hydrogen) atoms. The maximum Gasteiger partial charge on any atom is 0.0306 e. The largest absolute Gasteiger partial charge is 0.329 e. The molecule has 0 aromatic carbocycles. The predicted octanol–water partition coefficient (Wildman–Crippen LogP) is 2.24. The Morgan fingerprint density at radius 1 is 1.33 bits per heavy atom. The number of likely N-dealkylation sites (tertiary alicyclic amines) is 1. The Hall–Kier alpha value is -0.0800. The maximum atomic E-state index is 6.02. The van der Waals surface area contributed by atoms with Crippen LogP contribution in [0.15, 0.2) is 0 Å². The number of hydrogen-bond acceptors (Lipinski definition) is 2. The minimum Gasteiger partial charge on any atom is -0.329 e. The van der Waals surface area contributed by atoms with Crippen molar-refractivity contribution >= 4 is 0 Å². The molecule has 1 aliphatic carbocycles. The van der Waals surface area contributed by atoms with Gasteiger partial charge < -0.3 is 5.73 Å². The van der Waals surface area contributed by atoms with Crippen LogP contribution in [-0.2, 0) is 0 Å². The number of rotatable bonds is 4. The molecule has 2 rings (SSSR count). The van der Waals surface area contributed by atoms with Gasteiger partial charge in [0.05, 0.1) is 0 Å². The number of nitrogens with two attached hydrogens (primary N) is 1. The van der Waals surface area contributed by atoms with E-state index in [9.17, 15) is 0 Å². The third-order valence-electron chi connectivity index (χ3n) is 4.29. The maximum absolute atomic E-state index is 6.02. The Bertz CT molecular complexity index is 213. The van der Waals surface area contributed by atoms with Crippen molar-refractivity contribution in [3.63, 3.8) is 0 Å². The van der Waals surface area contributed by atoms with Gasteiger partial charge in [-0.3, -0.25) is 4.90 Å². The van der Waals surface area contributed by atoms with Crippen molar-refractivity contribution in [3.05, 3.63) is 0 Å². The van der Waals surface area contributed by atoms with Crippen LogP contribution in [0, 0.1) is 11.8 Å². The molecule has 0 amide bonds. The van der Waals surface area contributed by atoms with Gasteiger partial charge >= 0.3 is 0 Å². The zero-order chi connectivity index (χ0) is 10.9. The number of nitrogens with zero attached hydrogens (tertiary/aromatic N) is 1. The Morgan fingerprint density at radius 3 is 2.60 bits per heavy atom. The summed E-state index contributed by atoms with van der Waals surface area (Å²) in [6.45, 7) is 8.12.